The van der Waals surface area contributed by atoms with Gasteiger partial charge in [-0.15, -0.1) is 0 Å². The van der Waals surface area contributed by atoms with Crippen LogP contribution < -0.4 is 10.9 Å². The summed E-state index contributed by atoms with van der Waals surface area (Å²) in [5.74, 6) is -0.156. The first-order valence-corrected chi connectivity index (χ1v) is 9.04. The van der Waals surface area contributed by atoms with Crippen LogP contribution in [0.3, 0.4) is 0 Å². The number of imidazole rings is 1. The molecule has 1 atom stereocenters. The van der Waals surface area contributed by atoms with E-state index in [0.717, 1.165) is 10.7 Å². The van der Waals surface area contributed by atoms with Crippen LogP contribution in [-0.4, -0.2) is 30.5 Å². The first-order valence-electron chi connectivity index (χ1n) is 8.16. The van der Waals surface area contributed by atoms with Crippen LogP contribution in [0, 0.1) is 0 Å². The minimum absolute atomic E-state index is 0.156. The molecule has 1 aromatic carbocycles. The number of amides is 1. The Morgan fingerprint density at radius 3 is 3.04 bits per heavy atom. The quantitative estimate of drug-likeness (QED) is 0.559. The van der Waals surface area contributed by atoms with Gasteiger partial charge < -0.3 is 10.3 Å². The molecule has 3 heterocycles. The molecule has 0 radical (unpaired) electrons. The third-order valence-corrected chi connectivity index (χ3v) is 4.77. The predicted octanol–water partition coefficient (Wildman–Crippen LogP) is 1.84. The molecule has 132 valence electrons. The Balaban J connectivity index is 1.41. The van der Waals surface area contributed by atoms with E-state index in [2.05, 4.69) is 25.4 Å². The SMILES string of the molecule is C[C@@H](NC(=O)CCc1nc2ccccc2[nH]c1=O)c1cn2ncsc2n1. The summed E-state index contributed by atoms with van der Waals surface area (Å²) in [5, 5.41) is 7.02. The van der Waals surface area contributed by atoms with E-state index in [4.69, 9.17) is 0 Å². The van der Waals surface area contributed by atoms with E-state index in [1.165, 1.54) is 11.3 Å². The predicted molar refractivity (Wildman–Crippen MR) is 98.1 cm³/mol. The Morgan fingerprint density at radius 1 is 1.35 bits per heavy atom. The lowest BCUT2D eigenvalue weighted by Gasteiger charge is -2.11. The number of carbonyl (C=O) groups is 1. The van der Waals surface area contributed by atoms with Gasteiger partial charge in [0.25, 0.3) is 5.56 Å². The van der Waals surface area contributed by atoms with Crippen molar-refractivity contribution in [1.82, 2.24) is 29.9 Å². The fourth-order valence-electron chi connectivity index (χ4n) is 2.72. The fraction of sp³-hybridized carbons (Fsp3) is 0.235. The monoisotopic (exact) mass is 368 g/mol. The van der Waals surface area contributed by atoms with Crippen LogP contribution in [0.4, 0.5) is 0 Å². The molecular weight excluding hydrogens is 352 g/mol. The van der Waals surface area contributed by atoms with Gasteiger partial charge in [0.1, 0.15) is 11.2 Å². The van der Waals surface area contributed by atoms with Gasteiger partial charge in [-0.25, -0.2) is 14.5 Å². The van der Waals surface area contributed by atoms with Gasteiger partial charge in [0, 0.05) is 12.8 Å². The van der Waals surface area contributed by atoms with Gasteiger partial charge in [-0.05, 0) is 19.1 Å². The summed E-state index contributed by atoms with van der Waals surface area (Å²) in [5.41, 5.74) is 3.96. The molecule has 0 unspecified atom stereocenters. The fourth-order valence-corrected chi connectivity index (χ4v) is 3.33. The molecule has 0 saturated carbocycles. The highest BCUT2D eigenvalue weighted by molar-refractivity contribution is 7.14. The van der Waals surface area contributed by atoms with Crippen molar-refractivity contribution in [2.45, 2.75) is 25.8 Å². The van der Waals surface area contributed by atoms with Gasteiger partial charge in [-0.1, -0.05) is 23.5 Å². The van der Waals surface area contributed by atoms with Crippen LogP contribution in [0.1, 0.15) is 30.8 Å². The largest absolute Gasteiger partial charge is 0.348 e. The topological polar surface area (TPSA) is 105 Å². The standard InChI is InChI=1S/C17H16N6O2S/c1-10(14-8-23-17(22-14)26-9-18-23)19-15(24)7-6-13-16(25)21-12-5-3-2-4-11(12)20-13/h2-5,8-10H,6-7H2,1H3,(H,19,24)(H,21,25)/t10-/m1/s1. The second-order valence-electron chi connectivity index (χ2n) is 5.95. The van der Waals surface area contributed by atoms with Crippen molar-refractivity contribution in [2.75, 3.05) is 0 Å². The Bertz CT molecular complexity index is 1120. The average molecular weight is 368 g/mol. The minimum Gasteiger partial charge on any atom is -0.348 e. The zero-order valence-electron chi connectivity index (χ0n) is 14.0. The maximum Gasteiger partial charge on any atom is 0.270 e. The smallest absolute Gasteiger partial charge is 0.270 e. The van der Waals surface area contributed by atoms with Crippen LogP contribution in [0.2, 0.25) is 0 Å². The summed E-state index contributed by atoms with van der Waals surface area (Å²) in [7, 11) is 0. The van der Waals surface area contributed by atoms with Crippen molar-refractivity contribution in [3.8, 4) is 0 Å². The lowest BCUT2D eigenvalue weighted by atomic mass is 10.2. The van der Waals surface area contributed by atoms with Crippen LogP contribution in [0.15, 0.2) is 40.8 Å². The van der Waals surface area contributed by atoms with Crippen molar-refractivity contribution >= 4 is 33.2 Å². The normalized spacial score (nSPS) is 12.5. The molecule has 0 saturated heterocycles. The van der Waals surface area contributed by atoms with E-state index in [1.54, 1.807) is 22.3 Å². The molecule has 4 rings (SSSR count). The van der Waals surface area contributed by atoms with Gasteiger partial charge in [-0.2, -0.15) is 5.10 Å². The number of rotatable bonds is 5. The average Bonchev–Trinajstić information content (AvgIpc) is 3.22. The molecule has 0 aliphatic carbocycles. The number of hydrogen-bond donors (Lipinski definition) is 2. The zero-order chi connectivity index (χ0) is 18.1. The van der Waals surface area contributed by atoms with E-state index in [1.807, 2.05) is 25.1 Å². The molecule has 0 aliphatic rings. The van der Waals surface area contributed by atoms with Crippen LogP contribution >= 0.6 is 11.3 Å². The summed E-state index contributed by atoms with van der Waals surface area (Å²) < 4.78 is 1.68. The number of para-hydroxylation sites is 2. The molecule has 0 aliphatic heterocycles. The molecular formula is C17H16N6O2S. The molecule has 26 heavy (non-hydrogen) atoms. The Morgan fingerprint density at radius 2 is 2.19 bits per heavy atom. The van der Waals surface area contributed by atoms with Crippen LogP contribution in [0.5, 0.6) is 0 Å². The second-order valence-corrected chi connectivity index (χ2v) is 6.76. The highest BCUT2D eigenvalue weighted by atomic mass is 32.1. The van der Waals surface area contributed by atoms with Gasteiger partial charge in [0.15, 0.2) is 0 Å². The second kappa shape index (κ2) is 6.68. The molecule has 0 fully saturated rings. The summed E-state index contributed by atoms with van der Waals surface area (Å²) in [6.45, 7) is 1.87. The third kappa shape index (κ3) is 3.21. The van der Waals surface area contributed by atoms with Crippen molar-refractivity contribution in [2.24, 2.45) is 0 Å². The Labute approximate surface area is 151 Å². The molecule has 0 bridgehead atoms. The maximum atomic E-state index is 12.2. The first kappa shape index (κ1) is 16.4. The molecule has 2 N–H and O–H groups in total. The number of H-pyrrole nitrogens is 1. The highest BCUT2D eigenvalue weighted by Gasteiger charge is 2.15. The Kier molecular flexibility index (Phi) is 4.21. The molecule has 8 nitrogen and oxygen atoms in total. The van der Waals surface area contributed by atoms with Gasteiger partial charge in [-0.3, -0.25) is 9.59 Å². The van der Waals surface area contributed by atoms with Crippen molar-refractivity contribution < 1.29 is 4.79 Å². The number of aromatic nitrogens is 5. The van der Waals surface area contributed by atoms with Gasteiger partial charge in [0.2, 0.25) is 10.9 Å². The third-order valence-electron chi connectivity index (χ3n) is 4.08. The summed E-state index contributed by atoms with van der Waals surface area (Å²) in [6.07, 6.45) is 2.25. The van der Waals surface area contributed by atoms with E-state index in [0.29, 0.717) is 16.7 Å². The first-order chi connectivity index (χ1) is 12.6. The summed E-state index contributed by atoms with van der Waals surface area (Å²) >= 11 is 1.44. The number of nitrogens with zero attached hydrogens (tertiary/aromatic N) is 4. The van der Waals surface area contributed by atoms with Crippen molar-refractivity contribution in [3.63, 3.8) is 0 Å². The van der Waals surface area contributed by atoms with E-state index >= 15 is 0 Å². The maximum absolute atomic E-state index is 12.2. The van der Waals surface area contributed by atoms with Gasteiger partial charge >= 0.3 is 0 Å². The molecule has 4 aromatic rings. The number of hydrogen-bond acceptors (Lipinski definition) is 6. The van der Waals surface area contributed by atoms with Gasteiger partial charge in [0.05, 0.1) is 29.0 Å². The van der Waals surface area contributed by atoms with E-state index in [9.17, 15) is 9.59 Å². The number of nitrogens with one attached hydrogen (secondary N) is 2. The Hall–Kier alpha value is -3.07. The molecule has 1 amide bonds. The number of aromatic amines is 1. The summed E-state index contributed by atoms with van der Waals surface area (Å²) in [6, 6.07) is 7.08. The lowest BCUT2D eigenvalue weighted by molar-refractivity contribution is -0.121. The van der Waals surface area contributed by atoms with Crippen molar-refractivity contribution in [1.29, 1.82) is 0 Å². The van der Waals surface area contributed by atoms with Crippen molar-refractivity contribution in [3.05, 3.63) is 57.7 Å². The van der Waals surface area contributed by atoms with E-state index in [-0.39, 0.29) is 30.3 Å². The van der Waals surface area contributed by atoms with E-state index < -0.39 is 0 Å². The number of aryl methyl sites for hydroxylation is 1. The number of fused-ring (bicyclic) bond motifs is 2. The molecule has 0 spiro atoms. The lowest BCUT2D eigenvalue weighted by Crippen LogP contribution is -2.28. The zero-order valence-corrected chi connectivity index (χ0v) is 14.8. The highest BCUT2D eigenvalue weighted by Crippen LogP contribution is 2.15. The summed E-state index contributed by atoms with van der Waals surface area (Å²) in [4.78, 5) is 36.7. The number of benzene rings is 1. The minimum atomic E-state index is -0.259. The molecule has 9 heteroatoms. The number of carbonyl (C=O) groups excluding carboxylic acids is 1. The van der Waals surface area contributed by atoms with Crippen LogP contribution in [-0.2, 0) is 11.2 Å². The van der Waals surface area contributed by atoms with Crippen LogP contribution in [0.25, 0.3) is 16.0 Å². The molecule has 3 aromatic heterocycles.